The standard InChI is InChI=1S/C14H26N4/c1-11(2)16-9-12-5-6-13(12)18(4)10-14-15-7-8-17(14)3/h7-8,11-13,16H,5-6,9-10H2,1-4H3. The Morgan fingerprint density at radius 2 is 2.28 bits per heavy atom. The largest absolute Gasteiger partial charge is 0.337 e. The third-order valence-corrected chi connectivity index (χ3v) is 4.04. The summed E-state index contributed by atoms with van der Waals surface area (Å²) < 4.78 is 2.11. The number of rotatable bonds is 6. The van der Waals surface area contributed by atoms with Gasteiger partial charge in [-0.2, -0.15) is 0 Å². The van der Waals surface area contributed by atoms with Crippen molar-refractivity contribution in [2.24, 2.45) is 13.0 Å². The van der Waals surface area contributed by atoms with Crippen LogP contribution in [0.4, 0.5) is 0 Å². The average Bonchev–Trinajstić information content (AvgIpc) is 2.62. The predicted molar refractivity (Wildman–Crippen MR) is 74.3 cm³/mol. The van der Waals surface area contributed by atoms with Gasteiger partial charge in [0.05, 0.1) is 6.54 Å². The maximum Gasteiger partial charge on any atom is 0.122 e. The minimum atomic E-state index is 0.589. The molecule has 1 saturated carbocycles. The number of aromatic nitrogens is 2. The molecule has 4 heteroatoms. The van der Waals surface area contributed by atoms with Crippen LogP contribution in [0.2, 0.25) is 0 Å². The van der Waals surface area contributed by atoms with Crippen molar-refractivity contribution in [1.29, 1.82) is 0 Å². The van der Waals surface area contributed by atoms with Crippen molar-refractivity contribution in [3.8, 4) is 0 Å². The van der Waals surface area contributed by atoms with Crippen LogP contribution in [-0.4, -0.2) is 40.1 Å². The van der Waals surface area contributed by atoms with Crippen molar-refractivity contribution in [3.05, 3.63) is 18.2 Å². The van der Waals surface area contributed by atoms with Gasteiger partial charge in [-0.3, -0.25) is 4.90 Å². The number of nitrogens with one attached hydrogen (secondary N) is 1. The Hall–Kier alpha value is -0.870. The third-order valence-electron chi connectivity index (χ3n) is 4.04. The lowest BCUT2D eigenvalue weighted by Gasteiger charge is -2.43. The SMILES string of the molecule is CC(C)NCC1CCC1N(C)Cc1nccn1C. The molecule has 0 aliphatic heterocycles. The van der Waals surface area contributed by atoms with Crippen LogP contribution in [0.1, 0.15) is 32.5 Å². The topological polar surface area (TPSA) is 33.1 Å². The van der Waals surface area contributed by atoms with Crippen LogP contribution in [0.15, 0.2) is 12.4 Å². The van der Waals surface area contributed by atoms with Crippen molar-refractivity contribution >= 4 is 0 Å². The van der Waals surface area contributed by atoms with E-state index in [-0.39, 0.29) is 0 Å². The maximum atomic E-state index is 4.40. The van der Waals surface area contributed by atoms with E-state index in [0.29, 0.717) is 12.1 Å². The van der Waals surface area contributed by atoms with Crippen LogP contribution in [0.5, 0.6) is 0 Å². The molecule has 1 aromatic rings. The summed E-state index contributed by atoms with van der Waals surface area (Å²) in [5.41, 5.74) is 0. The third kappa shape index (κ3) is 3.12. The molecule has 2 unspecified atom stereocenters. The summed E-state index contributed by atoms with van der Waals surface area (Å²) in [5.74, 6) is 1.96. The molecule has 4 nitrogen and oxygen atoms in total. The summed E-state index contributed by atoms with van der Waals surface area (Å²) >= 11 is 0. The van der Waals surface area contributed by atoms with Gasteiger partial charge in [0.1, 0.15) is 5.82 Å². The number of imidazole rings is 1. The molecular weight excluding hydrogens is 224 g/mol. The molecule has 1 aromatic heterocycles. The smallest absolute Gasteiger partial charge is 0.122 e. The summed E-state index contributed by atoms with van der Waals surface area (Å²) in [4.78, 5) is 6.86. The maximum absolute atomic E-state index is 4.40. The van der Waals surface area contributed by atoms with Crippen molar-refractivity contribution in [1.82, 2.24) is 19.8 Å². The minimum Gasteiger partial charge on any atom is -0.337 e. The van der Waals surface area contributed by atoms with E-state index < -0.39 is 0 Å². The van der Waals surface area contributed by atoms with Gasteiger partial charge in [-0.25, -0.2) is 4.98 Å². The van der Waals surface area contributed by atoms with Crippen LogP contribution in [0.3, 0.4) is 0 Å². The van der Waals surface area contributed by atoms with Crippen LogP contribution >= 0.6 is 0 Å². The number of hydrogen-bond acceptors (Lipinski definition) is 3. The van der Waals surface area contributed by atoms with E-state index in [1.54, 1.807) is 0 Å². The van der Waals surface area contributed by atoms with Gasteiger partial charge in [-0.1, -0.05) is 13.8 Å². The van der Waals surface area contributed by atoms with Crippen LogP contribution in [0.25, 0.3) is 0 Å². The molecule has 1 heterocycles. The highest BCUT2D eigenvalue weighted by Gasteiger charge is 2.33. The number of nitrogens with zero attached hydrogens (tertiary/aromatic N) is 3. The summed E-state index contributed by atoms with van der Waals surface area (Å²) in [6.07, 6.45) is 6.57. The van der Waals surface area contributed by atoms with Gasteiger partial charge < -0.3 is 9.88 Å². The Morgan fingerprint density at radius 3 is 2.78 bits per heavy atom. The van der Waals surface area contributed by atoms with Crippen LogP contribution in [-0.2, 0) is 13.6 Å². The normalized spacial score (nSPS) is 23.7. The molecule has 0 saturated heterocycles. The lowest BCUT2D eigenvalue weighted by molar-refractivity contribution is 0.0742. The molecule has 1 aliphatic carbocycles. The molecule has 0 radical (unpaired) electrons. The van der Waals surface area contributed by atoms with E-state index in [9.17, 15) is 0 Å². The second-order valence-corrected chi connectivity index (χ2v) is 5.84. The molecule has 1 aliphatic rings. The van der Waals surface area contributed by atoms with Gasteiger partial charge in [0.15, 0.2) is 0 Å². The average molecular weight is 250 g/mol. The van der Waals surface area contributed by atoms with Gasteiger partial charge in [0, 0.05) is 31.5 Å². The fourth-order valence-electron chi connectivity index (χ4n) is 2.65. The Labute approximate surface area is 110 Å². The molecule has 2 rings (SSSR count). The second-order valence-electron chi connectivity index (χ2n) is 5.84. The number of aryl methyl sites for hydroxylation is 1. The van der Waals surface area contributed by atoms with Crippen molar-refractivity contribution in [3.63, 3.8) is 0 Å². The Balaban J connectivity index is 1.82. The van der Waals surface area contributed by atoms with E-state index in [0.717, 1.165) is 24.8 Å². The molecule has 0 spiro atoms. The molecule has 0 bridgehead atoms. The molecule has 0 amide bonds. The highest BCUT2D eigenvalue weighted by molar-refractivity contribution is 4.95. The van der Waals surface area contributed by atoms with Gasteiger partial charge in [0.2, 0.25) is 0 Å². The summed E-state index contributed by atoms with van der Waals surface area (Å²) in [5, 5.41) is 3.56. The van der Waals surface area contributed by atoms with Crippen molar-refractivity contribution < 1.29 is 0 Å². The van der Waals surface area contributed by atoms with Gasteiger partial charge >= 0.3 is 0 Å². The lowest BCUT2D eigenvalue weighted by Crippen LogP contribution is -2.49. The Bertz CT molecular complexity index is 372. The first-order chi connectivity index (χ1) is 8.58. The predicted octanol–water partition coefficient (Wildman–Crippen LogP) is 1.63. The van der Waals surface area contributed by atoms with Crippen molar-refractivity contribution in [2.45, 2.75) is 45.3 Å². The summed E-state index contributed by atoms with van der Waals surface area (Å²) in [6.45, 7) is 6.52. The molecule has 2 atom stereocenters. The van der Waals surface area contributed by atoms with E-state index in [2.05, 4.69) is 47.7 Å². The van der Waals surface area contributed by atoms with E-state index in [1.807, 2.05) is 12.4 Å². The zero-order valence-corrected chi connectivity index (χ0v) is 12.1. The molecule has 1 fully saturated rings. The fraction of sp³-hybridized carbons (Fsp3) is 0.786. The summed E-state index contributed by atoms with van der Waals surface area (Å²) in [7, 11) is 4.29. The van der Waals surface area contributed by atoms with E-state index in [4.69, 9.17) is 0 Å². The molecule has 0 aromatic carbocycles. The molecule has 18 heavy (non-hydrogen) atoms. The van der Waals surface area contributed by atoms with Crippen LogP contribution in [0, 0.1) is 5.92 Å². The lowest BCUT2D eigenvalue weighted by atomic mass is 9.78. The number of hydrogen-bond donors (Lipinski definition) is 1. The van der Waals surface area contributed by atoms with Gasteiger partial charge in [-0.05, 0) is 32.4 Å². The van der Waals surface area contributed by atoms with E-state index in [1.165, 1.54) is 12.8 Å². The minimum absolute atomic E-state index is 0.589. The first kappa shape index (κ1) is 13.6. The fourth-order valence-corrected chi connectivity index (χ4v) is 2.65. The highest BCUT2D eigenvalue weighted by atomic mass is 15.2. The Morgan fingerprint density at radius 1 is 1.50 bits per heavy atom. The highest BCUT2D eigenvalue weighted by Crippen LogP contribution is 2.31. The van der Waals surface area contributed by atoms with Gasteiger partial charge in [0.25, 0.3) is 0 Å². The van der Waals surface area contributed by atoms with Gasteiger partial charge in [-0.15, -0.1) is 0 Å². The molecule has 1 N–H and O–H groups in total. The van der Waals surface area contributed by atoms with E-state index >= 15 is 0 Å². The molecular formula is C14H26N4. The Kier molecular flexibility index (Phi) is 4.40. The molecule has 102 valence electrons. The van der Waals surface area contributed by atoms with Crippen LogP contribution < -0.4 is 5.32 Å². The quantitative estimate of drug-likeness (QED) is 0.833. The zero-order valence-electron chi connectivity index (χ0n) is 12.1. The zero-order chi connectivity index (χ0) is 13.1. The van der Waals surface area contributed by atoms with Crippen molar-refractivity contribution in [2.75, 3.05) is 13.6 Å². The monoisotopic (exact) mass is 250 g/mol. The summed E-state index contributed by atoms with van der Waals surface area (Å²) in [6, 6.07) is 1.30. The second kappa shape index (κ2) is 5.85. The first-order valence-corrected chi connectivity index (χ1v) is 6.97. The first-order valence-electron chi connectivity index (χ1n) is 6.97.